The van der Waals surface area contributed by atoms with Gasteiger partial charge in [0.05, 0.1) is 0 Å². The molecule has 170 valence electrons. The molecule has 2 saturated heterocycles. The monoisotopic (exact) mass is 434 g/mol. The van der Waals surface area contributed by atoms with Gasteiger partial charge in [-0.25, -0.2) is 10.4 Å². The molecule has 7 heteroatoms. The van der Waals surface area contributed by atoms with E-state index in [1.807, 2.05) is 25.3 Å². The fraction of sp³-hybridized carbons (Fsp3) is 0.560. The van der Waals surface area contributed by atoms with Crippen LogP contribution in [-0.4, -0.2) is 45.9 Å². The third kappa shape index (κ3) is 4.24. The maximum atomic E-state index is 13.3. The summed E-state index contributed by atoms with van der Waals surface area (Å²) in [6, 6.07) is 8.47. The highest BCUT2D eigenvalue weighted by atomic mass is 16.2. The Bertz CT molecular complexity index is 969. The van der Waals surface area contributed by atoms with Gasteiger partial charge in [0.1, 0.15) is 11.9 Å². The lowest BCUT2D eigenvalue weighted by Gasteiger charge is -2.36. The van der Waals surface area contributed by atoms with Crippen LogP contribution in [0, 0.1) is 18.8 Å². The number of hydrogen-bond donors (Lipinski definition) is 3. The van der Waals surface area contributed by atoms with Gasteiger partial charge in [0.25, 0.3) is 0 Å². The number of likely N-dealkylation sites (tertiary alicyclic amines) is 1. The number of fused-ring (bicyclic) bond motifs is 1. The van der Waals surface area contributed by atoms with E-state index in [1.165, 1.54) is 6.42 Å². The van der Waals surface area contributed by atoms with Crippen molar-refractivity contribution in [1.29, 1.82) is 0 Å². The molecule has 4 atom stereocenters. The van der Waals surface area contributed by atoms with Gasteiger partial charge < -0.3 is 10.6 Å². The molecule has 3 aliphatic rings. The number of aryl methyl sites for hydroxylation is 1. The van der Waals surface area contributed by atoms with Crippen LogP contribution in [0.25, 0.3) is 11.1 Å². The lowest BCUT2D eigenvalue weighted by Crippen LogP contribution is -2.50. The standard InChI is InChI=1S/C25H34N6O/c1-15-3-5-21-20(11-15)24(30-29-21)25(32)31-9-7-17(8-10-31)22-13-19(12-16(2)28-22)18-4-6-23(26)27-14-18/h4,6,12-15,17,20-21,24,29-30H,3,5,7-11H2,1-2H3,(H2,26,27). The summed E-state index contributed by atoms with van der Waals surface area (Å²) in [5.74, 6) is 2.29. The summed E-state index contributed by atoms with van der Waals surface area (Å²) in [4.78, 5) is 24.5. The van der Waals surface area contributed by atoms with Crippen LogP contribution in [0.1, 0.15) is 56.3 Å². The van der Waals surface area contributed by atoms with Crippen LogP contribution in [0.3, 0.4) is 0 Å². The number of carbonyl (C=O) groups is 1. The van der Waals surface area contributed by atoms with Crippen molar-refractivity contribution in [3.05, 3.63) is 41.9 Å². The molecule has 4 N–H and O–H groups in total. The molecule has 1 aliphatic carbocycles. The van der Waals surface area contributed by atoms with Gasteiger partial charge in [-0.05, 0) is 74.8 Å². The number of rotatable bonds is 3. The molecule has 0 bridgehead atoms. The summed E-state index contributed by atoms with van der Waals surface area (Å²) in [6.07, 6.45) is 7.26. The first-order chi connectivity index (χ1) is 15.5. The van der Waals surface area contributed by atoms with Gasteiger partial charge in [-0.2, -0.15) is 0 Å². The molecular formula is C25H34N6O. The van der Waals surface area contributed by atoms with Crippen molar-refractivity contribution in [3.63, 3.8) is 0 Å². The molecule has 2 aromatic rings. The minimum absolute atomic E-state index is 0.0824. The average Bonchev–Trinajstić information content (AvgIpc) is 3.22. The van der Waals surface area contributed by atoms with Crippen LogP contribution in [0.4, 0.5) is 5.82 Å². The van der Waals surface area contributed by atoms with Crippen molar-refractivity contribution in [2.24, 2.45) is 11.8 Å². The third-order valence-electron chi connectivity index (χ3n) is 7.60. The normalized spacial score (nSPS) is 28.5. The summed E-state index contributed by atoms with van der Waals surface area (Å²) in [5.41, 5.74) is 16.8. The van der Waals surface area contributed by atoms with Crippen LogP contribution >= 0.6 is 0 Å². The van der Waals surface area contributed by atoms with Crippen molar-refractivity contribution in [2.45, 2.75) is 64.0 Å². The van der Waals surface area contributed by atoms with E-state index in [2.05, 4.69) is 39.8 Å². The Kier molecular flexibility index (Phi) is 5.86. The second-order valence-corrected chi connectivity index (χ2v) is 9.95. The number of carbonyl (C=O) groups excluding carboxylic acids is 1. The number of nitrogen functional groups attached to an aromatic ring is 1. The molecule has 2 aromatic heterocycles. The Labute approximate surface area is 190 Å². The van der Waals surface area contributed by atoms with E-state index < -0.39 is 0 Å². The maximum absolute atomic E-state index is 13.3. The molecule has 4 unspecified atom stereocenters. The molecule has 1 amide bonds. The van der Waals surface area contributed by atoms with E-state index in [9.17, 15) is 4.79 Å². The summed E-state index contributed by atoms with van der Waals surface area (Å²) in [7, 11) is 0. The second kappa shape index (κ2) is 8.79. The molecule has 0 spiro atoms. The third-order valence-corrected chi connectivity index (χ3v) is 7.60. The van der Waals surface area contributed by atoms with Gasteiger partial charge in [-0.15, -0.1) is 0 Å². The van der Waals surface area contributed by atoms with E-state index in [-0.39, 0.29) is 11.9 Å². The molecule has 0 radical (unpaired) electrons. The van der Waals surface area contributed by atoms with Crippen LogP contribution in [0.15, 0.2) is 30.5 Å². The summed E-state index contributed by atoms with van der Waals surface area (Å²) < 4.78 is 0. The van der Waals surface area contributed by atoms with E-state index in [4.69, 9.17) is 10.7 Å². The van der Waals surface area contributed by atoms with Crippen molar-refractivity contribution < 1.29 is 4.79 Å². The van der Waals surface area contributed by atoms with Crippen LogP contribution < -0.4 is 16.6 Å². The van der Waals surface area contributed by atoms with Crippen LogP contribution in [0.5, 0.6) is 0 Å². The van der Waals surface area contributed by atoms with Gasteiger partial charge in [0.15, 0.2) is 0 Å². The fourth-order valence-electron chi connectivity index (χ4n) is 5.76. The summed E-state index contributed by atoms with van der Waals surface area (Å²) >= 11 is 0. The van der Waals surface area contributed by atoms with Crippen molar-refractivity contribution in [1.82, 2.24) is 25.7 Å². The first kappa shape index (κ1) is 21.3. The minimum atomic E-state index is -0.0824. The highest BCUT2D eigenvalue weighted by Gasteiger charge is 2.44. The van der Waals surface area contributed by atoms with Gasteiger partial charge in [-0.1, -0.05) is 6.92 Å². The molecule has 32 heavy (non-hydrogen) atoms. The van der Waals surface area contributed by atoms with Crippen molar-refractivity contribution in [3.8, 4) is 11.1 Å². The fourth-order valence-corrected chi connectivity index (χ4v) is 5.76. The SMILES string of the molecule is Cc1cc(-c2ccc(N)nc2)cc(C2CCN(C(=O)C3NNC4CCC(C)CC43)CC2)n1. The molecule has 3 fully saturated rings. The van der Waals surface area contributed by atoms with Crippen LogP contribution in [0.2, 0.25) is 0 Å². The lowest BCUT2D eigenvalue weighted by atomic mass is 9.76. The Morgan fingerprint density at radius 1 is 1.09 bits per heavy atom. The van der Waals surface area contributed by atoms with E-state index in [0.717, 1.165) is 61.3 Å². The number of amides is 1. The smallest absolute Gasteiger partial charge is 0.241 e. The molecule has 4 heterocycles. The first-order valence-corrected chi connectivity index (χ1v) is 12.0. The van der Waals surface area contributed by atoms with Crippen molar-refractivity contribution in [2.75, 3.05) is 18.8 Å². The highest BCUT2D eigenvalue weighted by Crippen LogP contribution is 2.35. The number of hydrazine groups is 1. The Hall–Kier alpha value is -2.51. The van der Waals surface area contributed by atoms with Crippen molar-refractivity contribution >= 4 is 11.7 Å². The average molecular weight is 435 g/mol. The largest absolute Gasteiger partial charge is 0.384 e. The van der Waals surface area contributed by atoms with Crippen LogP contribution in [-0.2, 0) is 4.79 Å². The van der Waals surface area contributed by atoms with E-state index in [1.54, 1.807) is 0 Å². The van der Waals surface area contributed by atoms with Gasteiger partial charge in [0, 0.05) is 54.1 Å². The van der Waals surface area contributed by atoms with Gasteiger partial charge in [-0.3, -0.25) is 15.2 Å². The van der Waals surface area contributed by atoms with E-state index >= 15 is 0 Å². The predicted octanol–water partition coefficient (Wildman–Crippen LogP) is 3.02. The molecular weight excluding hydrogens is 400 g/mol. The summed E-state index contributed by atoms with van der Waals surface area (Å²) in [5, 5.41) is 0. The Morgan fingerprint density at radius 3 is 2.66 bits per heavy atom. The zero-order valence-electron chi connectivity index (χ0n) is 19.1. The molecule has 1 saturated carbocycles. The number of nitrogens with two attached hydrogens (primary N) is 1. The number of pyridine rings is 2. The molecule has 2 aliphatic heterocycles. The Morgan fingerprint density at radius 2 is 1.91 bits per heavy atom. The zero-order chi connectivity index (χ0) is 22.2. The van der Waals surface area contributed by atoms with E-state index in [0.29, 0.717) is 29.6 Å². The lowest BCUT2D eigenvalue weighted by molar-refractivity contribution is -0.135. The number of anilines is 1. The molecule has 0 aromatic carbocycles. The predicted molar refractivity (Wildman–Crippen MR) is 126 cm³/mol. The summed E-state index contributed by atoms with van der Waals surface area (Å²) in [6.45, 7) is 5.94. The number of nitrogens with one attached hydrogen (secondary N) is 2. The minimum Gasteiger partial charge on any atom is -0.384 e. The number of hydrogen-bond acceptors (Lipinski definition) is 6. The number of nitrogens with zero attached hydrogens (tertiary/aromatic N) is 3. The topological polar surface area (TPSA) is 96.2 Å². The highest BCUT2D eigenvalue weighted by molar-refractivity contribution is 5.82. The van der Waals surface area contributed by atoms with Gasteiger partial charge >= 0.3 is 0 Å². The number of piperidine rings is 1. The Balaban J connectivity index is 1.25. The van der Waals surface area contributed by atoms with Gasteiger partial charge in [0.2, 0.25) is 5.91 Å². The number of aromatic nitrogens is 2. The zero-order valence-corrected chi connectivity index (χ0v) is 19.1. The quantitative estimate of drug-likeness (QED) is 0.687. The second-order valence-electron chi connectivity index (χ2n) is 9.95. The first-order valence-electron chi connectivity index (χ1n) is 12.0. The molecule has 5 rings (SSSR count). The molecule has 7 nitrogen and oxygen atoms in total. The maximum Gasteiger partial charge on any atom is 0.241 e.